The van der Waals surface area contributed by atoms with E-state index in [1.54, 1.807) is 11.8 Å². The summed E-state index contributed by atoms with van der Waals surface area (Å²) in [6, 6.07) is 4.08. The molecular formula is C23H37N3O3S. The second kappa shape index (κ2) is 16.2. The summed E-state index contributed by atoms with van der Waals surface area (Å²) < 4.78 is 5.72. The van der Waals surface area contributed by atoms with E-state index < -0.39 is 0 Å². The largest absolute Gasteiger partial charge is 0.473 e. The van der Waals surface area contributed by atoms with Crippen LogP contribution in [0.3, 0.4) is 0 Å². The minimum Gasteiger partial charge on any atom is -0.473 e. The highest BCUT2D eigenvalue weighted by molar-refractivity contribution is 7.99. The van der Waals surface area contributed by atoms with Crippen molar-refractivity contribution in [1.29, 1.82) is 0 Å². The maximum atomic E-state index is 11.8. The topological polar surface area (TPSA) is 74.7 Å². The molecule has 1 aromatic heterocycles. The summed E-state index contributed by atoms with van der Waals surface area (Å²) >= 11 is 1.76. The standard InChI is InChI=1S/C23H37N3O3S/c27-15-18-30-17-8-1-3-9-22(28)24-11-4-7-16-29-23-19-21(10-12-25-23)20-26-13-5-2-6-14-26/h4,7,10,12,19,27H,1-3,5-6,8-9,11,13-18,20H2,(H,24,28). The highest BCUT2D eigenvalue weighted by Crippen LogP contribution is 2.15. The zero-order valence-electron chi connectivity index (χ0n) is 18.1. The van der Waals surface area contributed by atoms with Gasteiger partial charge in [0.15, 0.2) is 0 Å². The van der Waals surface area contributed by atoms with Gasteiger partial charge in [-0.1, -0.05) is 18.9 Å². The number of hydrogen-bond donors (Lipinski definition) is 2. The number of hydrogen-bond acceptors (Lipinski definition) is 6. The Labute approximate surface area is 185 Å². The molecule has 0 spiro atoms. The molecule has 30 heavy (non-hydrogen) atoms. The molecule has 0 saturated carbocycles. The average molecular weight is 436 g/mol. The first-order valence-electron chi connectivity index (χ1n) is 11.2. The molecule has 1 fully saturated rings. The van der Waals surface area contributed by atoms with E-state index in [9.17, 15) is 4.79 Å². The number of ether oxygens (including phenoxy) is 1. The molecule has 0 radical (unpaired) electrons. The number of carbonyl (C=O) groups is 1. The average Bonchev–Trinajstić information content (AvgIpc) is 2.76. The predicted octanol–water partition coefficient (Wildman–Crippen LogP) is 3.40. The van der Waals surface area contributed by atoms with E-state index in [1.807, 2.05) is 24.4 Å². The van der Waals surface area contributed by atoms with Crippen molar-refractivity contribution in [2.75, 3.05) is 44.4 Å². The molecular weight excluding hydrogens is 398 g/mol. The Balaban J connectivity index is 1.51. The Morgan fingerprint density at radius 3 is 2.90 bits per heavy atom. The van der Waals surface area contributed by atoms with Gasteiger partial charge in [0, 0.05) is 37.5 Å². The Morgan fingerprint density at radius 2 is 2.07 bits per heavy atom. The smallest absolute Gasteiger partial charge is 0.220 e. The summed E-state index contributed by atoms with van der Waals surface area (Å²) in [5.41, 5.74) is 1.24. The molecule has 2 heterocycles. The van der Waals surface area contributed by atoms with Crippen molar-refractivity contribution in [3.05, 3.63) is 36.0 Å². The van der Waals surface area contributed by atoms with Gasteiger partial charge in [-0.2, -0.15) is 11.8 Å². The van der Waals surface area contributed by atoms with Crippen LogP contribution < -0.4 is 10.1 Å². The van der Waals surface area contributed by atoms with Gasteiger partial charge >= 0.3 is 0 Å². The number of piperidine rings is 1. The van der Waals surface area contributed by atoms with E-state index in [-0.39, 0.29) is 12.5 Å². The number of amides is 1. The van der Waals surface area contributed by atoms with Crippen LogP contribution in [0.25, 0.3) is 0 Å². The Bertz CT molecular complexity index is 621. The molecule has 0 unspecified atom stereocenters. The van der Waals surface area contributed by atoms with Gasteiger partial charge in [-0.15, -0.1) is 0 Å². The van der Waals surface area contributed by atoms with Crippen LogP contribution in [0.1, 0.15) is 50.5 Å². The lowest BCUT2D eigenvalue weighted by atomic mass is 10.1. The summed E-state index contributed by atoms with van der Waals surface area (Å²) in [4.78, 5) is 18.6. The maximum absolute atomic E-state index is 11.8. The van der Waals surface area contributed by atoms with Crippen LogP contribution in [0, 0.1) is 0 Å². The first kappa shape index (κ1) is 24.7. The lowest BCUT2D eigenvalue weighted by molar-refractivity contribution is -0.121. The molecule has 1 aliphatic heterocycles. The van der Waals surface area contributed by atoms with Crippen LogP contribution in [0.4, 0.5) is 0 Å². The number of thioether (sulfide) groups is 1. The van der Waals surface area contributed by atoms with Crippen LogP contribution in [0.5, 0.6) is 5.88 Å². The van der Waals surface area contributed by atoms with Crippen LogP contribution in [0.2, 0.25) is 0 Å². The van der Waals surface area contributed by atoms with E-state index in [0.29, 0.717) is 25.5 Å². The number of carbonyl (C=O) groups excluding carboxylic acids is 1. The second-order valence-corrected chi connectivity index (χ2v) is 8.80. The molecule has 1 aliphatic rings. The number of aliphatic hydroxyl groups is 1. The van der Waals surface area contributed by atoms with Gasteiger partial charge < -0.3 is 15.2 Å². The Morgan fingerprint density at radius 1 is 1.20 bits per heavy atom. The third-order valence-corrected chi connectivity index (χ3v) is 6.04. The van der Waals surface area contributed by atoms with Gasteiger partial charge in [-0.25, -0.2) is 4.98 Å². The third kappa shape index (κ3) is 11.6. The minimum absolute atomic E-state index is 0.0932. The second-order valence-electron chi connectivity index (χ2n) is 7.57. The van der Waals surface area contributed by atoms with Crippen molar-refractivity contribution in [2.24, 2.45) is 0 Å². The Kier molecular flexibility index (Phi) is 13.3. The zero-order chi connectivity index (χ0) is 21.3. The normalized spacial score (nSPS) is 14.8. The number of unbranched alkanes of at least 4 members (excludes halogenated alkanes) is 2. The quantitative estimate of drug-likeness (QED) is 0.325. The van der Waals surface area contributed by atoms with Gasteiger partial charge in [0.25, 0.3) is 0 Å². The molecule has 1 saturated heterocycles. The summed E-state index contributed by atoms with van der Waals surface area (Å²) in [5, 5.41) is 11.6. The SMILES string of the molecule is O=C(CCCCCSCCO)NCC=CCOc1cc(CN2CCCCC2)ccn1. The van der Waals surface area contributed by atoms with E-state index in [1.165, 1.54) is 37.9 Å². The number of nitrogens with one attached hydrogen (secondary N) is 1. The zero-order valence-corrected chi connectivity index (χ0v) is 18.9. The van der Waals surface area contributed by atoms with E-state index in [0.717, 1.165) is 37.3 Å². The first-order valence-corrected chi connectivity index (χ1v) is 12.3. The van der Waals surface area contributed by atoms with Crippen molar-refractivity contribution in [3.63, 3.8) is 0 Å². The van der Waals surface area contributed by atoms with E-state index >= 15 is 0 Å². The van der Waals surface area contributed by atoms with Gasteiger partial charge in [-0.05, 0) is 62.2 Å². The number of likely N-dealkylation sites (tertiary alicyclic amines) is 1. The van der Waals surface area contributed by atoms with Crippen LogP contribution in [-0.2, 0) is 11.3 Å². The molecule has 2 N–H and O–H groups in total. The van der Waals surface area contributed by atoms with Gasteiger partial charge in [0.2, 0.25) is 11.8 Å². The van der Waals surface area contributed by atoms with Crippen LogP contribution >= 0.6 is 11.8 Å². The van der Waals surface area contributed by atoms with E-state index in [4.69, 9.17) is 9.84 Å². The fraction of sp³-hybridized carbons (Fsp3) is 0.652. The van der Waals surface area contributed by atoms with Crippen molar-refractivity contribution in [3.8, 4) is 5.88 Å². The van der Waals surface area contributed by atoms with E-state index in [2.05, 4.69) is 21.3 Å². The van der Waals surface area contributed by atoms with Crippen LogP contribution in [-0.4, -0.2) is 65.3 Å². The van der Waals surface area contributed by atoms with Crippen molar-refractivity contribution >= 4 is 17.7 Å². The summed E-state index contributed by atoms with van der Waals surface area (Å²) in [6.45, 7) is 4.53. The van der Waals surface area contributed by atoms with Crippen LogP contribution in [0.15, 0.2) is 30.5 Å². The first-order chi connectivity index (χ1) is 14.8. The number of aliphatic hydroxyl groups excluding tert-OH is 1. The summed E-state index contributed by atoms with van der Waals surface area (Å²) in [7, 11) is 0. The van der Waals surface area contributed by atoms with Crippen molar-refractivity contribution in [2.45, 2.75) is 51.5 Å². The molecule has 0 atom stereocenters. The summed E-state index contributed by atoms with van der Waals surface area (Å²) in [6.07, 6.45) is 13.2. The Hall–Kier alpha value is -1.57. The molecule has 1 aromatic rings. The molecule has 6 nitrogen and oxygen atoms in total. The van der Waals surface area contributed by atoms with Gasteiger partial charge in [0.1, 0.15) is 6.61 Å². The van der Waals surface area contributed by atoms with Crippen molar-refractivity contribution in [1.82, 2.24) is 15.2 Å². The third-order valence-electron chi connectivity index (χ3n) is 4.99. The maximum Gasteiger partial charge on any atom is 0.220 e. The lowest BCUT2D eigenvalue weighted by Crippen LogP contribution is -2.29. The molecule has 1 amide bonds. The highest BCUT2D eigenvalue weighted by Gasteiger charge is 2.10. The number of pyridine rings is 1. The summed E-state index contributed by atoms with van der Waals surface area (Å²) in [5.74, 6) is 2.60. The predicted molar refractivity (Wildman–Crippen MR) is 124 cm³/mol. The molecule has 7 heteroatoms. The number of nitrogens with zero attached hydrogens (tertiary/aromatic N) is 2. The molecule has 2 rings (SSSR count). The molecule has 0 aliphatic carbocycles. The molecule has 0 bridgehead atoms. The van der Waals surface area contributed by atoms with Gasteiger partial charge in [0.05, 0.1) is 6.61 Å². The highest BCUT2D eigenvalue weighted by atomic mass is 32.2. The molecule has 0 aromatic carbocycles. The lowest BCUT2D eigenvalue weighted by Gasteiger charge is -2.26. The number of aromatic nitrogens is 1. The fourth-order valence-electron chi connectivity index (χ4n) is 3.38. The number of rotatable bonds is 15. The molecule has 168 valence electrons. The fourth-order valence-corrected chi connectivity index (χ4v) is 4.12. The monoisotopic (exact) mass is 435 g/mol. The van der Waals surface area contributed by atoms with Gasteiger partial charge in [-0.3, -0.25) is 9.69 Å². The van der Waals surface area contributed by atoms with Crippen molar-refractivity contribution < 1.29 is 14.6 Å². The minimum atomic E-state index is 0.0932.